The van der Waals surface area contributed by atoms with Crippen LogP contribution in [0.2, 0.25) is 0 Å². The first-order valence-corrected chi connectivity index (χ1v) is 12.2. The number of carboxylic acid groups (broad SMARTS) is 1. The van der Waals surface area contributed by atoms with Crippen LogP contribution in [-0.2, 0) is 30.8 Å². The highest BCUT2D eigenvalue weighted by molar-refractivity contribution is 7.89. The van der Waals surface area contributed by atoms with Crippen LogP contribution in [0.1, 0.15) is 16.2 Å². The van der Waals surface area contributed by atoms with Gasteiger partial charge in [0.1, 0.15) is 11.9 Å². The predicted molar refractivity (Wildman–Crippen MR) is 126 cm³/mol. The van der Waals surface area contributed by atoms with Crippen molar-refractivity contribution in [1.29, 1.82) is 0 Å². The van der Waals surface area contributed by atoms with E-state index in [1.54, 1.807) is 36.4 Å². The smallest absolute Gasteiger partial charge is 0.480 e. The molecule has 1 aromatic heterocycles. The number of amides is 1. The van der Waals surface area contributed by atoms with Gasteiger partial charge in [0.15, 0.2) is 0 Å². The number of ether oxygens (including phenoxy) is 1. The third-order valence-corrected chi connectivity index (χ3v) is 6.00. The van der Waals surface area contributed by atoms with Crippen molar-refractivity contribution in [2.45, 2.75) is 23.5 Å². The molecular formula is C23H23F3N4O7S. The number of aromatic amines is 1. The van der Waals surface area contributed by atoms with Gasteiger partial charge < -0.3 is 20.1 Å². The standard InChI is InChI=1S/C16H16N2O5S.C7H7F3N2O2/c19-15(12-7-3-1-4-8-12)17-11-14(16(20)21)18-24(22,23)13-9-5-2-6-10-13;8-7(9,10)6(13)14-4-1-5-11-2-3-12-5/h1-10,14,18H,11H2,(H,17,19)(H,20,21);2-3H,1,4H2,(H,11,12). The minimum absolute atomic E-state index is 0.0503. The minimum atomic E-state index is -4.93. The first-order valence-electron chi connectivity index (χ1n) is 10.8. The monoisotopic (exact) mass is 556 g/mol. The van der Waals surface area contributed by atoms with Crippen LogP contribution in [0.3, 0.4) is 0 Å². The van der Waals surface area contributed by atoms with Gasteiger partial charge in [0, 0.05) is 30.9 Å². The number of H-pyrrole nitrogens is 1. The molecule has 0 radical (unpaired) electrons. The number of alkyl halides is 3. The van der Waals surface area contributed by atoms with Crippen molar-refractivity contribution in [3.63, 3.8) is 0 Å². The fraction of sp³-hybridized carbons (Fsp3) is 0.217. The molecule has 4 N–H and O–H groups in total. The number of carboxylic acids is 1. The maximum Gasteiger partial charge on any atom is 0.490 e. The first kappa shape index (κ1) is 30.0. The molecule has 2 aromatic carbocycles. The van der Waals surface area contributed by atoms with Gasteiger partial charge in [0.25, 0.3) is 5.91 Å². The SMILES string of the molecule is O=C(NCC(NS(=O)(=O)c1ccccc1)C(=O)O)c1ccccc1.O=C(OCCc1ncc[nH]1)C(F)(F)F. The molecule has 0 aliphatic carbocycles. The zero-order valence-corrected chi connectivity index (χ0v) is 20.3. The number of aromatic nitrogens is 2. The van der Waals surface area contributed by atoms with Crippen LogP contribution in [0.4, 0.5) is 13.2 Å². The molecule has 1 atom stereocenters. The molecule has 0 saturated heterocycles. The van der Waals surface area contributed by atoms with Gasteiger partial charge in [0.05, 0.1) is 11.5 Å². The Labute approximate surface area is 215 Å². The number of aliphatic carboxylic acids is 1. The Hall–Kier alpha value is -4.24. The summed E-state index contributed by atoms with van der Waals surface area (Å²) in [5.74, 6) is -3.58. The molecule has 38 heavy (non-hydrogen) atoms. The molecule has 0 aliphatic rings. The average molecular weight is 557 g/mol. The van der Waals surface area contributed by atoms with Crippen LogP contribution >= 0.6 is 0 Å². The number of halogens is 3. The lowest BCUT2D eigenvalue weighted by atomic mass is 10.2. The highest BCUT2D eigenvalue weighted by atomic mass is 32.2. The molecule has 11 nitrogen and oxygen atoms in total. The van der Waals surface area contributed by atoms with Crippen molar-refractivity contribution in [2.24, 2.45) is 0 Å². The number of imidazole rings is 1. The van der Waals surface area contributed by atoms with E-state index in [2.05, 4.69) is 24.7 Å². The second-order valence-electron chi connectivity index (χ2n) is 7.32. The van der Waals surface area contributed by atoms with Gasteiger partial charge in [-0.25, -0.2) is 18.2 Å². The molecule has 15 heteroatoms. The molecule has 0 aliphatic heterocycles. The number of nitrogens with zero attached hydrogens (tertiary/aromatic N) is 1. The van der Waals surface area contributed by atoms with Gasteiger partial charge in [0.2, 0.25) is 10.0 Å². The van der Waals surface area contributed by atoms with Crippen molar-refractivity contribution >= 4 is 27.9 Å². The van der Waals surface area contributed by atoms with E-state index < -0.39 is 40.1 Å². The fourth-order valence-corrected chi connectivity index (χ4v) is 3.89. The highest BCUT2D eigenvalue weighted by Gasteiger charge is 2.40. The summed E-state index contributed by atoms with van der Waals surface area (Å²) in [5, 5.41) is 11.6. The Kier molecular flexibility index (Phi) is 11.0. The summed E-state index contributed by atoms with van der Waals surface area (Å²) in [7, 11) is -4.00. The Balaban J connectivity index is 0.000000308. The van der Waals surface area contributed by atoms with Gasteiger partial charge in [-0.1, -0.05) is 36.4 Å². The molecular weight excluding hydrogens is 533 g/mol. The summed E-state index contributed by atoms with van der Waals surface area (Å²) < 4.78 is 65.2. The van der Waals surface area contributed by atoms with E-state index in [0.29, 0.717) is 11.4 Å². The van der Waals surface area contributed by atoms with E-state index in [1.807, 2.05) is 0 Å². The molecule has 1 heterocycles. The predicted octanol–water partition coefficient (Wildman–Crippen LogP) is 1.91. The van der Waals surface area contributed by atoms with Crippen LogP contribution in [0.25, 0.3) is 0 Å². The van der Waals surface area contributed by atoms with Crippen LogP contribution in [0.15, 0.2) is 78.0 Å². The van der Waals surface area contributed by atoms with Gasteiger partial charge in [-0.05, 0) is 24.3 Å². The number of hydrogen-bond acceptors (Lipinski definition) is 7. The van der Waals surface area contributed by atoms with Crippen molar-refractivity contribution in [2.75, 3.05) is 13.2 Å². The zero-order valence-electron chi connectivity index (χ0n) is 19.5. The van der Waals surface area contributed by atoms with Crippen LogP contribution in [0.5, 0.6) is 0 Å². The number of hydrogen-bond donors (Lipinski definition) is 4. The van der Waals surface area contributed by atoms with Crippen molar-refractivity contribution in [3.8, 4) is 0 Å². The largest absolute Gasteiger partial charge is 0.490 e. The topological polar surface area (TPSA) is 168 Å². The molecule has 1 amide bonds. The van der Waals surface area contributed by atoms with E-state index >= 15 is 0 Å². The number of benzene rings is 2. The zero-order chi connectivity index (χ0) is 28.2. The number of carbonyl (C=O) groups is 3. The van der Waals surface area contributed by atoms with Gasteiger partial charge >= 0.3 is 18.1 Å². The molecule has 0 fully saturated rings. The summed E-state index contributed by atoms with van der Waals surface area (Å²) in [6, 6.07) is 14.1. The number of nitrogens with one attached hydrogen (secondary N) is 3. The third kappa shape index (κ3) is 10.0. The van der Waals surface area contributed by atoms with Gasteiger partial charge in [-0.2, -0.15) is 17.9 Å². The summed E-state index contributed by atoms with van der Waals surface area (Å²) in [6.07, 6.45) is -1.81. The first-order chi connectivity index (χ1) is 17.9. The number of rotatable bonds is 10. The molecule has 0 saturated carbocycles. The van der Waals surface area contributed by atoms with Crippen molar-refractivity contribution < 1.29 is 45.8 Å². The molecule has 3 rings (SSSR count). The third-order valence-electron chi connectivity index (χ3n) is 4.51. The lowest BCUT2D eigenvalue weighted by Gasteiger charge is -2.15. The van der Waals surface area contributed by atoms with Gasteiger partial charge in [-0.15, -0.1) is 0 Å². The summed E-state index contributed by atoms with van der Waals surface area (Å²) in [4.78, 5) is 39.8. The highest BCUT2D eigenvalue weighted by Crippen LogP contribution is 2.16. The normalized spacial score (nSPS) is 12.0. The second-order valence-corrected chi connectivity index (χ2v) is 9.03. The van der Waals surface area contributed by atoms with Crippen LogP contribution in [0, 0.1) is 0 Å². The Morgan fingerprint density at radius 2 is 1.63 bits per heavy atom. The Bertz CT molecular complexity index is 1290. The maximum atomic E-state index is 12.2. The van der Waals surface area contributed by atoms with E-state index in [-0.39, 0.29) is 24.5 Å². The van der Waals surface area contributed by atoms with E-state index in [0.717, 1.165) is 0 Å². The number of carbonyl (C=O) groups excluding carboxylic acids is 2. The van der Waals surface area contributed by atoms with Crippen LogP contribution in [-0.4, -0.2) is 66.7 Å². The maximum absolute atomic E-state index is 12.2. The molecule has 0 bridgehead atoms. The lowest BCUT2D eigenvalue weighted by Crippen LogP contribution is -2.48. The van der Waals surface area contributed by atoms with E-state index in [4.69, 9.17) is 0 Å². The number of esters is 1. The minimum Gasteiger partial charge on any atom is -0.480 e. The van der Waals surface area contributed by atoms with E-state index in [1.165, 1.54) is 36.7 Å². The summed E-state index contributed by atoms with van der Waals surface area (Å²) in [6.45, 7) is -0.721. The van der Waals surface area contributed by atoms with Crippen LogP contribution < -0.4 is 10.0 Å². The Morgan fingerprint density at radius 3 is 2.16 bits per heavy atom. The number of sulfonamides is 1. The molecule has 0 spiro atoms. The molecule has 204 valence electrons. The fourth-order valence-electron chi connectivity index (χ4n) is 2.68. The quantitative estimate of drug-likeness (QED) is 0.275. The van der Waals surface area contributed by atoms with E-state index in [9.17, 15) is 41.1 Å². The second kappa shape index (κ2) is 13.9. The van der Waals surface area contributed by atoms with Gasteiger partial charge in [-0.3, -0.25) is 9.59 Å². The van der Waals surface area contributed by atoms with Crippen molar-refractivity contribution in [1.82, 2.24) is 20.0 Å². The average Bonchev–Trinajstić information content (AvgIpc) is 3.40. The summed E-state index contributed by atoms with van der Waals surface area (Å²) >= 11 is 0. The molecule has 3 aromatic rings. The van der Waals surface area contributed by atoms with Crippen molar-refractivity contribution in [3.05, 3.63) is 84.4 Å². The Morgan fingerprint density at radius 1 is 1.03 bits per heavy atom. The molecule has 1 unspecified atom stereocenters. The lowest BCUT2D eigenvalue weighted by molar-refractivity contribution is -0.199. The summed E-state index contributed by atoms with van der Waals surface area (Å²) in [5.41, 5.74) is 0.354.